The summed E-state index contributed by atoms with van der Waals surface area (Å²) in [6.45, 7) is 0.641. The summed E-state index contributed by atoms with van der Waals surface area (Å²) in [5, 5.41) is 0. The third kappa shape index (κ3) is 2.94. The van der Waals surface area contributed by atoms with Crippen LogP contribution in [0, 0.1) is 11.8 Å². The van der Waals surface area contributed by atoms with E-state index in [9.17, 15) is 9.59 Å². The van der Waals surface area contributed by atoms with E-state index in [1.54, 1.807) is 0 Å². The number of likely N-dealkylation sites (tertiary alicyclic amines) is 1. The van der Waals surface area contributed by atoms with Gasteiger partial charge in [-0.2, -0.15) is 11.8 Å². The molecule has 154 valence electrons. The molecule has 0 aromatic heterocycles. The first-order chi connectivity index (χ1) is 13.6. The first-order valence-corrected chi connectivity index (χ1v) is 12.3. The lowest BCUT2D eigenvalue weighted by atomic mass is 9.76. The van der Waals surface area contributed by atoms with Gasteiger partial charge in [-0.15, -0.1) is 0 Å². The standard InChI is InChI=1S/C22H32N2O3S/c1-23(15-9-12-28-13-10-15)20(25)18-17-8-11-22(27-17)14-24(21(26)19(18)22)16-6-4-2-3-5-7-16/h8,11,15-19H,2-7,9-10,12-14H2,1H3/t17-,18+,19-,22-/m0/s1. The SMILES string of the molecule is CN(C(=O)[C@@H]1[C@@H]2C=C[C@@]3(CN(C4CCCCCC4)C(=O)[C@H]13)O2)C1CCSCC1. The Hall–Kier alpha value is -1.01. The third-order valence-electron chi connectivity index (χ3n) is 7.77. The summed E-state index contributed by atoms with van der Waals surface area (Å²) < 4.78 is 6.35. The highest BCUT2D eigenvalue weighted by Gasteiger charge is 2.67. The van der Waals surface area contributed by atoms with Crippen molar-refractivity contribution >= 4 is 23.6 Å². The monoisotopic (exact) mass is 404 g/mol. The van der Waals surface area contributed by atoms with Crippen molar-refractivity contribution in [3.8, 4) is 0 Å². The van der Waals surface area contributed by atoms with Gasteiger partial charge in [0.2, 0.25) is 11.8 Å². The lowest BCUT2D eigenvalue weighted by Gasteiger charge is -2.35. The first-order valence-electron chi connectivity index (χ1n) is 11.1. The second-order valence-electron chi connectivity index (χ2n) is 9.30. The van der Waals surface area contributed by atoms with Gasteiger partial charge in [0.15, 0.2) is 0 Å². The van der Waals surface area contributed by atoms with Gasteiger partial charge < -0.3 is 14.5 Å². The van der Waals surface area contributed by atoms with Crippen LogP contribution in [0.25, 0.3) is 0 Å². The number of rotatable bonds is 3. The molecule has 4 heterocycles. The average Bonchev–Trinajstić information content (AvgIpc) is 3.27. The molecular formula is C22H32N2O3S. The fourth-order valence-electron chi connectivity index (χ4n) is 6.18. The fourth-order valence-corrected chi connectivity index (χ4v) is 7.26. The zero-order valence-corrected chi connectivity index (χ0v) is 17.7. The van der Waals surface area contributed by atoms with Crippen LogP contribution in [-0.2, 0) is 14.3 Å². The molecule has 6 heteroatoms. The summed E-state index contributed by atoms with van der Waals surface area (Å²) in [5.74, 6) is 1.87. The number of carbonyl (C=O) groups excluding carboxylic acids is 2. The number of carbonyl (C=O) groups is 2. The fraction of sp³-hybridized carbons (Fsp3) is 0.818. The average molecular weight is 405 g/mol. The van der Waals surface area contributed by atoms with Crippen LogP contribution in [-0.4, -0.2) is 70.5 Å². The van der Waals surface area contributed by atoms with Crippen LogP contribution in [0.15, 0.2) is 12.2 Å². The molecule has 4 atom stereocenters. The molecule has 0 aromatic carbocycles. The van der Waals surface area contributed by atoms with E-state index in [0.29, 0.717) is 18.6 Å². The van der Waals surface area contributed by atoms with Gasteiger partial charge in [-0.3, -0.25) is 9.59 Å². The van der Waals surface area contributed by atoms with Gasteiger partial charge in [0, 0.05) is 19.1 Å². The summed E-state index contributed by atoms with van der Waals surface area (Å²) in [5.41, 5.74) is -0.558. The molecule has 2 amide bonds. The second-order valence-corrected chi connectivity index (χ2v) is 10.5. The maximum atomic E-state index is 13.5. The van der Waals surface area contributed by atoms with Crippen molar-refractivity contribution in [1.82, 2.24) is 9.80 Å². The van der Waals surface area contributed by atoms with Crippen LogP contribution in [0.5, 0.6) is 0 Å². The smallest absolute Gasteiger partial charge is 0.230 e. The van der Waals surface area contributed by atoms with Crippen molar-refractivity contribution in [3.05, 3.63) is 12.2 Å². The minimum absolute atomic E-state index is 0.120. The van der Waals surface area contributed by atoms with E-state index in [-0.39, 0.29) is 29.8 Å². The normalized spacial score (nSPS) is 38.7. The van der Waals surface area contributed by atoms with Gasteiger partial charge in [0.25, 0.3) is 0 Å². The molecule has 2 bridgehead atoms. The van der Waals surface area contributed by atoms with Gasteiger partial charge in [-0.05, 0) is 37.2 Å². The molecule has 0 radical (unpaired) electrons. The Bertz CT molecular complexity index is 669. The van der Waals surface area contributed by atoms with E-state index in [0.717, 1.165) is 37.2 Å². The zero-order chi connectivity index (χ0) is 19.3. The summed E-state index contributed by atoms with van der Waals surface area (Å²) in [6.07, 6.45) is 13.2. The highest BCUT2D eigenvalue weighted by atomic mass is 32.2. The molecule has 5 rings (SSSR count). The molecule has 5 nitrogen and oxygen atoms in total. The molecule has 4 aliphatic heterocycles. The molecule has 5 aliphatic rings. The van der Waals surface area contributed by atoms with Gasteiger partial charge in [-0.25, -0.2) is 0 Å². The highest BCUT2D eigenvalue weighted by molar-refractivity contribution is 7.99. The minimum Gasteiger partial charge on any atom is -0.360 e. The Kier molecular flexibility index (Phi) is 4.98. The topological polar surface area (TPSA) is 49.9 Å². The molecule has 4 fully saturated rings. The Morgan fingerprint density at radius 1 is 1.18 bits per heavy atom. The van der Waals surface area contributed by atoms with Gasteiger partial charge in [0.1, 0.15) is 5.60 Å². The summed E-state index contributed by atoms with van der Waals surface area (Å²) in [6, 6.07) is 0.636. The van der Waals surface area contributed by atoms with Crippen molar-refractivity contribution in [1.29, 1.82) is 0 Å². The van der Waals surface area contributed by atoms with E-state index in [1.165, 1.54) is 25.7 Å². The van der Waals surface area contributed by atoms with Crippen LogP contribution in [0.3, 0.4) is 0 Å². The number of hydrogen-bond acceptors (Lipinski definition) is 4. The molecule has 1 saturated carbocycles. The molecule has 0 unspecified atom stereocenters. The second kappa shape index (κ2) is 7.35. The number of thioether (sulfide) groups is 1. The molecule has 0 aromatic rings. The van der Waals surface area contributed by atoms with E-state index in [4.69, 9.17) is 4.74 Å². The molecule has 1 aliphatic carbocycles. The van der Waals surface area contributed by atoms with Crippen LogP contribution < -0.4 is 0 Å². The van der Waals surface area contributed by atoms with Crippen LogP contribution >= 0.6 is 11.8 Å². The summed E-state index contributed by atoms with van der Waals surface area (Å²) >= 11 is 1.97. The van der Waals surface area contributed by atoms with Crippen LogP contribution in [0.1, 0.15) is 51.4 Å². The minimum atomic E-state index is -0.558. The number of fused-ring (bicyclic) bond motifs is 1. The van der Waals surface area contributed by atoms with Crippen molar-refractivity contribution in [2.24, 2.45) is 11.8 Å². The van der Waals surface area contributed by atoms with Crippen molar-refractivity contribution in [2.45, 2.75) is 75.2 Å². The Morgan fingerprint density at radius 2 is 1.89 bits per heavy atom. The maximum Gasteiger partial charge on any atom is 0.230 e. The molecule has 1 spiro atoms. The van der Waals surface area contributed by atoms with Crippen molar-refractivity contribution in [3.63, 3.8) is 0 Å². The van der Waals surface area contributed by atoms with E-state index in [1.807, 2.05) is 29.8 Å². The quantitative estimate of drug-likeness (QED) is 0.536. The summed E-state index contributed by atoms with van der Waals surface area (Å²) in [4.78, 5) is 31.1. The molecule has 3 saturated heterocycles. The zero-order valence-electron chi connectivity index (χ0n) is 16.8. The Balaban J connectivity index is 1.37. The molecule has 28 heavy (non-hydrogen) atoms. The predicted molar refractivity (Wildman–Crippen MR) is 110 cm³/mol. The number of ether oxygens (including phenoxy) is 1. The third-order valence-corrected chi connectivity index (χ3v) is 8.82. The number of nitrogens with zero attached hydrogens (tertiary/aromatic N) is 2. The van der Waals surface area contributed by atoms with E-state index in [2.05, 4.69) is 11.0 Å². The van der Waals surface area contributed by atoms with E-state index < -0.39 is 5.60 Å². The molecule has 0 N–H and O–H groups in total. The number of hydrogen-bond donors (Lipinski definition) is 0. The Morgan fingerprint density at radius 3 is 2.61 bits per heavy atom. The van der Waals surface area contributed by atoms with Crippen LogP contribution in [0.4, 0.5) is 0 Å². The van der Waals surface area contributed by atoms with Crippen LogP contribution in [0.2, 0.25) is 0 Å². The largest absolute Gasteiger partial charge is 0.360 e. The van der Waals surface area contributed by atoms with Crippen molar-refractivity contribution < 1.29 is 14.3 Å². The lowest BCUT2D eigenvalue weighted by molar-refractivity contribution is -0.144. The lowest BCUT2D eigenvalue weighted by Crippen LogP contribution is -2.49. The highest BCUT2D eigenvalue weighted by Crippen LogP contribution is 2.53. The predicted octanol–water partition coefficient (Wildman–Crippen LogP) is 2.85. The van der Waals surface area contributed by atoms with Gasteiger partial charge in [0.05, 0.1) is 24.5 Å². The maximum absolute atomic E-state index is 13.5. The van der Waals surface area contributed by atoms with Gasteiger partial charge >= 0.3 is 0 Å². The summed E-state index contributed by atoms with van der Waals surface area (Å²) in [7, 11) is 1.94. The molecular weight excluding hydrogens is 372 g/mol. The number of amides is 2. The Labute approximate surface area is 172 Å². The first kappa shape index (κ1) is 19.0. The van der Waals surface area contributed by atoms with E-state index >= 15 is 0 Å². The van der Waals surface area contributed by atoms with Gasteiger partial charge in [-0.1, -0.05) is 37.8 Å². The van der Waals surface area contributed by atoms with Crippen molar-refractivity contribution in [2.75, 3.05) is 25.1 Å².